The van der Waals surface area contributed by atoms with E-state index >= 15 is 0 Å². The number of carbonyl (C=O) groups excluding carboxylic acids is 2. The van der Waals surface area contributed by atoms with E-state index in [1.165, 1.54) is 24.3 Å². The minimum absolute atomic E-state index is 0.0513. The summed E-state index contributed by atoms with van der Waals surface area (Å²) in [5, 5.41) is 17.7. The van der Waals surface area contributed by atoms with Crippen molar-refractivity contribution < 1.29 is 29.3 Å². The van der Waals surface area contributed by atoms with Gasteiger partial charge in [-0.3, -0.25) is 0 Å². The molecule has 122 valence electrons. The van der Waals surface area contributed by atoms with E-state index in [2.05, 4.69) is 0 Å². The second-order valence-electron chi connectivity index (χ2n) is 5.35. The van der Waals surface area contributed by atoms with Crippen LogP contribution in [0.1, 0.15) is 34.6 Å². The highest BCUT2D eigenvalue weighted by Crippen LogP contribution is 2.09. The molecule has 6 heteroatoms. The lowest BCUT2D eigenvalue weighted by Crippen LogP contribution is -2.16. The third kappa shape index (κ3) is 5.83. The smallest absolute Gasteiger partial charge is 0.338 e. The predicted molar refractivity (Wildman–Crippen MR) is 79.5 cm³/mol. The first-order valence-corrected chi connectivity index (χ1v) is 7.14. The van der Waals surface area contributed by atoms with Crippen LogP contribution in [0.15, 0.2) is 24.3 Å². The van der Waals surface area contributed by atoms with Crippen LogP contribution in [-0.4, -0.2) is 48.6 Å². The maximum atomic E-state index is 11.8. The standard InChI is InChI=1S/C16H22O6/c1-11(7-17)9-21-15(19)13-3-5-14(6-4-13)16(20)22-10-12(2)8-18/h3-6,11-12,17-18H,7-10H2,1-2H3. The van der Waals surface area contributed by atoms with Gasteiger partial charge in [-0.15, -0.1) is 0 Å². The monoisotopic (exact) mass is 310 g/mol. The Morgan fingerprint density at radius 1 is 0.864 bits per heavy atom. The lowest BCUT2D eigenvalue weighted by Gasteiger charge is -2.10. The summed E-state index contributed by atoms with van der Waals surface area (Å²) in [6.45, 7) is 3.70. The largest absolute Gasteiger partial charge is 0.462 e. The van der Waals surface area contributed by atoms with Crippen LogP contribution in [0.5, 0.6) is 0 Å². The second kappa shape index (κ2) is 9.17. The molecule has 2 unspecified atom stereocenters. The number of aliphatic hydroxyl groups is 2. The molecule has 0 radical (unpaired) electrons. The molecule has 6 nitrogen and oxygen atoms in total. The maximum absolute atomic E-state index is 11.8. The van der Waals surface area contributed by atoms with Crippen LogP contribution in [0.2, 0.25) is 0 Å². The van der Waals surface area contributed by atoms with Crippen molar-refractivity contribution in [2.24, 2.45) is 11.8 Å². The Labute approximate surface area is 129 Å². The molecule has 22 heavy (non-hydrogen) atoms. The Hall–Kier alpha value is -1.92. The van der Waals surface area contributed by atoms with Gasteiger partial charge in [0.15, 0.2) is 0 Å². The average molecular weight is 310 g/mol. The highest BCUT2D eigenvalue weighted by molar-refractivity contribution is 5.93. The van der Waals surface area contributed by atoms with Crippen molar-refractivity contribution in [1.82, 2.24) is 0 Å². The fourth-order valence-electron chi connectivity index (χ4n) is 1.45. The van der Waals surface area contributed by atoms with Crippen LogP contribution < -0.4 is 0 Å². The second-order valence-corrected chi connectivity index (χ2v) is 5.35. The molecule has 0 aliphatic heterocycles. The Morgan fingerprint density at radius 2 is 1.18 bits per heavy atom. The average Bonchev–Trinajstić information content (AvgIpc) is 2.56. The van der Waals surface area contributed by atoms with Gasteiger partial charge in [0.1, 0.15) is 0 Å². The molecule has 0 saturated heterocycles. The molecule has 2 atom stereocenters. The first kappa shape index (κ1) is 18.1. The van der Waals surface area contributed by atoms with Gasteiger partial charge in [-0.2, -0.15) is 0 Å². The topological polar surface area (TPSA) is 93.1 Å². The zero-order valence-electron chi connectivity index (χ0n) is 12.8. The zero-order valence-corrected chi connectivity index (χ0v) is 12.8. The molecule has 2 N–H and O–H groups in total. The number of carbonyl (C=O) groups is 2. The van der Waals surface area contributed by atoms with Crippen LogP contribution in [0.3, 0.4) is 0 Å². The SMILES string of the molecule is CC(CO)COC(=O)c1ccc(C(=O)OCC(C)CO)cc1. The molecule has 0 amide bonds. The molecule has 0 fully saturated rings. The molecule has 1 rings (SSSR count). The van der Waals surface area contributed by atoms with E-state index in [9.17, 15) is 9.59 Å². The summed E-state index contributed by atoms with van der Waals surface area (Å²) < 4.78 is 10.1. The van der Waals surface area contributed by atoms with E-state index in [1.807, 2.05) is 0 Å². The van der Waals surface area contributed by atoms with E-state index in [-0.39, 0.29) is 38.3 Å². The molecular formula is C16H22O6. The summed E-state index contributed by atoms with van der Waals surface area (Å²) in [5.41, 5.74) is 0.649. The van der Waals surface area contributed by atoms with Crippen LogP contribution in [-0.2, 0) is 9.47 Å². The van der Waals surface area contributed by atoms with Gasteiger partial charge in [0, 0.05) is 25.0 Å². The number of hydrogen-bond acceptors (Lipinski definition) is 6. The summed E-state index contributed by atoms with van der Waals surface area (Å²) in [6, 6.07) is 5.94. The Bertz CT molecular complexity index is 437. The van der Waals surface area contributed by atoms with Crippen molar-refractivity contribution in [3.63, 3.8) is 0 Å². The Morgan fingerprint density at radius 3 is 1.45 bits per heavy atom. The molecule has 0 aliphatic rings. The molecule has 0 spiro atoms. The van der Waals surface area contributed by atoms with E-state index in [0.717, 1.165) is 0 Å². The predicted octanol–water partition coefficient (Wildman–Crippen LogP) is 1.26. The van der Waals surface area contributed by atoms with Crippen molar-refractivity contribution in [1.29, 1.82) is 0 Å². The molecule has 0 bridgehead atoms. The fourth-order valence-corrected chi connectivity index (χ4v) is 1.45. The van der Waals surface area contributed by atoms with E-state index < -0.39 is 11.9 Å². The molecule has 1 aromatic carbocycles. The molecule has 0 aromatic heterocycles. The first-order chi connectivity index (χ1) is 10.5. The number of ether oxygens (including phenoxy) is 2. The first-order valence-electron chi connectivity index (χ1n) is 7.14. The summed E-state index contributed by atoms with van der Waals surface area (Å²) in [5.74, 6) is -1.25. The van der Waals surface area contributed by atoms with Crippen LogP contribution in [0.25, 0.3) is 0 Å². The third-order valence-corrected chi connectivity index (χ3v) is 2.98. The third-order valence-electron chi connectivity index (χ3n) is 2.98. The number of hydrogen-bond donors (Lipinski definition) is 2. The molecular weight excluding hydrogens is 288 g/mol. The normalized spacial score (nSPS) is 13.3. The summed E-state index contributed by atoms with van der Waals surface area (Å²) in [4.78, 5) is 23.5. The van der Waals surface area contributed by atoms with Crippen molar-refractivity contribution in [3.05, 3.63) is 35.4 Å². The molecule has 0 saturated carbocycles. The van der Waals surface area contributed by atoms with E-state index in [1.54, 1.807) is 13.8 Å². The lowest BCUT2D eigenvalue weighted by molar-refractivity contribution is 0.0390. The van der Waals surface area contributed by atoms with Crippen LogP contribution in [0.4, 0.5) is 0 Å². The number of aliphatic hydroxyl groups excluding tert-OH is 2. The summed E-state index contributed by atoms with van der Waals surface area (Å²) in [6.07, 6.45) is 0. The molecule has 1 aromatic rings. The van der Waals surface area contributed by atoms with Gasteiger partial charge < -0.3 is 19.7 Å². The summed E-state index contributed by atoms with van der Waals surface area (Å²) in [7, 11) is 0. The Balaban J connectivity index is 2.55. The van der Waals surface area contributed by atoms with Gasteiger partial charge in [-0.25, -0.2) is 9.59 Å². The molecule has 0 heterocycles. The van der Waals surface area contributed by atoms with Gasteiger partial charge in [-0.1, -0.05) is 13.8 Å². The number of rotatable bonds is 8. The van der Waals surface area contributed by atoms with Crippen molar-refractivity contribution >= 4 is 11.9 Å². The van der Waals surface area contributed by atoms with Gasteiger partial charge in [0.25, 0.3) is 0 Å². The van der Waals surface area contributed by atoms with Crippen molar-refractivity contribution in [2.45, 2.75) is 13.8 Å². The van der Waals surface area contributed by atoms with Crippen LogP contribution in [0, 0.1) is 11.8 Å². The lowest BCUT2D eigenvalue weighted by atomic mass is 10.1. The maximum Gasteiger partial charge on any atom is 0.338 e. The zero-order chi connectivity index (χ0) is 16.5. The quantitative estimate of drug-likeness (QED) is 0.702. The van der Waals surface area contributed by atoms with Crippen molar-refractivity contribution in [2.75, 3.05) is 26.4 Å². The number of benzene rings is 1. The minimum Gasteiger partial charge on any atom is -0.462 e. The highest BCUT2D eigenvalue weighted by atomic mass is 16.5. The van der Waals surface area contributed by atoms with Gasteiger partial charge in [-0.05, 0) is 24.3 Å². The number of esters is 2. The van der Waals surface area contributed by atoms with Crippen molar-refractivity contribution in [3.8, 4) is 0 Å². The fraction of sp³-hybridized carbons (Fsp3) is 0.500. The van der Waals surface area contributed by atoms with Gasteiger partial charge >= 0.3 is 11.9 Å². The molecule has 0 aliphatic carbocycles. The highest BCUT2D eigenvalue weighted by Gasteiger charge is 2.13. The minimum atomic E-state index is -0.505. The van der Waals surface area contributed by atoms with Gasteiger partial charge in [0.05, 0.1) is 24.3 Å². The Kier molecular flexibility index (Phi) is 7.56. The van der Waals surface area contributed by atoms with E-state index in [4.69, 9.17) is 19.7 Å². The van der Waals surface area contributed by atoms with E-state index in [0.29, 0.717) is 11.1 Å². The van der Waals surface area contributed by atoms with Crippen LogP contribution >= 0.6 is 0 Å². The summed E-state index contributed by atoms with van der Waals surface area (Å²) >= 11 is 0. The van der Waals surface area contributed by atoms with Gasteiger partial charge in [0.2, 0.25) is 0 Å².